The van der Waals surface area contributed by atoms with Gasteiger partial charge in [-0.05, 0) is 25.0 Å². The molecule has 6 heteroatoms. The molecule has 1 saturated carbocycles. The number of nitrogens with two attached hydrogens (primary N) is 1. The number of hydrogen-bond donors (Lipinski definition) is 3. The third-order valence-corrected chi connectivity index (χ3v) is 4.72. The molecule has 1 aromatic rings. The second kappa shape index (κ2) is 7.00. The number of anilines is 1. The molecule has 4 N–H and O–H groups in total. The monoisotopic (exact) mass is 318 g/mol. The minimum atomic E-state index is -0.333. The van der Waals surface area contributed by atoms with Gasteiger partial charge < -0.3 is 20.7 Å². The van der Waals surface area contributed by atoms with Crippen molar-refractivity contribution in [3.8, 4) is 5.75 Å². The van der Waals surface area contributed by atoms with Crippen molar-refractivity contribution in [2.45, 2.75) is 50.2 Å². The lowest BCUT2D eigenvalue weighted by molar-refractivity contribution is -0.718. The van der Waals surface area contributed by atoms with Crippen LogP contribution in [0.2, 0.25) is 0 Å². The zero-order valence-corrected chi connectivity index (χ0v) is 13.4. The van der Waals surface area contributed by atoms with Crippen LogP contribution in [-0.4, -0.2) is 37.0 Å². The molecule has 2 fully saturated rings. The summed E-state index contributed by atoms with van der Waals surface area (Å²) in [4.78, 5) is 24.4. The highest BCUT2D eigenvalue weighted by Crippen LogP contribution is 2.19. The van der Waals surface area contributed by atoms with E-state index in [1.807, 2.05) is 18.2 Å². The molecule has 1 heterocycles. The van der Waals surface area contributed by atoms with Crippen LogP contribution in [0.1, 0.15) is 32.1 Å². The number of piperazine rings is 1. The Balaban J connectivity index is 1.57. The van der Waals surface area contributed by atoms with Crippen molar-refractivity contribution in [3.63, 3.8) is 0 Å². The van der Waals surface area contributed by atoms with E-state index in [4.69, 9.17) is 4.74 Å². The standard InChI is InChI=1S/C17H23N3O3/c1-23-12-6-4-5-11(9-12)18-16(21)10-15-17(22)20-14-8-3-2-7-13(14)19-15/h4-6,9,13-15,19H,2-3,7-8,10H2,1H3,(H,18,21)(H,20,22)/p+1/t13-,14-,15-/m0/s1. The van der Waals surface area contributed by atoms with Crippen molar-refractivity contribution in [2.24, 2.45) is 0 Å². The summed E-state index contributed by atoms with van der Waals surface area (Å²) in [6.45, 7) is 0. The zero-order chi connectivity index (χ0) is 16.2. The first-order valence-corrected chi connectivity index (χ1v) is 8.25. The fourth-order valence-electron chi connectivity index (χ4n) is 3.52. The number of quaternary nitrogens is 1. The average Bonchev–Trinajstić information content (AvgIpc) is 2.55. The molecule has 1 aliphatic heterocycles. The topological polar surface area (TPSA) is 84.0 Å². The molecule has 2 amide bonds. The van der Waals surface area contributed by atoms with Gasteiger partial charge >= 0.3 is 0 Å². The van der Waals surface area contributed by atoms with Gasteiger partial charge in [-0.1, -0.05) is 12.5 Å². The largest absolute Gasteiger partial charge is 0.497 e. The molecule has 6 nitrogen and oxygen atoms in total. The summed E-state index contributed by atoms with van der Waals surface area (Å²) < 4.78 is 5.14. The predicted octanol–water partition coefficient (Wildman–Crippen LogP) is 0.397. The van der Waals surface area contributed by atoms with Gasteiger partial charge in [0.2, 0.25) is 5.91 Å². The molecule has 0 unspecified atom stereocenters. The second-order valence-corrected chi connectivity index (χ2v) is 6.35. The molecule has 0 bridgehead atoms. The summed E-state index contributed by atoms with van der Waals surface area (Å²) in [7, 11) is 1.59. The van der Waals surface area contributed by atoms with Crippen LogP contribution in [0.15, 0.2) is 24.3 Å². The number of ether oxygens (including phenoxy) is 1. The van der Waals surface area contributed by atoms with Crippen LogP contribution in [0.25, 0.3) is 0 Å². The van der Waals surface area contributed by atoms with Crippen LogP contribution < -0.4 is 20.7 Å². The molecule has 0 spiro atoms. The van der Waals surface area contributed by atoms with Crippen molar-refractivity contribution >= 4 is 17.5 Å². The number of carbonyl (C=O) groups is 2. The first-order valence-electron chi connectivity index (χ1n) is 8.25. The smallest absolute Gasteiger partial charge is 0.279 e. The maximum atomic E-state index is 12.2. The summed E-state index contributed by atoms with van der Waals surface area (Å²) in [5.74, 6) is 0.521. The zero-order valence-electron chi connectivity index (χ0n) is 13.4. The number of fused-ring (bicyclic) bond motifs is 1. The fourth-order valence-corrected chi connectivity index (χ4v) is 3.52. The van der Waals surface area contributed by atoms with Crippen LogP contribution in [0.5, 0.6) is 5.75 Å². The SMILES string of the molecule is COc1cccc(NC(=O)C[C@@H]2[NH2+][C@H]3CCCC[C@@H]3NC2=O)c1. The minimum Gasteiger partial charge on any atom is -0.497 e. The van der Waals surface area contributed by atoms with Crippen molar-refractivity contribution in [1.29, 1.82) is 0 Å². The number of nitrogens with one attached hydrogen (secondary N) is 2. The number of amides is 2. The summed E-state index contributed by atoms with van der Waals surface area (Å²) in [5.41, 5.74) is 0.682. The van der Waals surface area contributed by atoms with E-state index in [1.54, 1.807) is 13.2 Å². The summed E-state index contributed by atoms with van der Waals surface area (Å²) in [6.07, 6.45) is 4.73. The number of methoxy groups -OCH3 is 1. The van der Waals surface area contributed by atoms with Crippen LogP contribution in [0.4, 0.5) is 5.69 Å². The highest BCUT2D eigenvalue weighted by Gasteiger charge is 2.40. The van der Waals surface area contributed by atoms with Gasteiger partial charge in [-0.3, -0.25) is 9.59 Å². The van der Waals surface area contributed by atoms with E-state index in [0.29, 0.717) is 17.5 Å². The Labute approximate surface area is 136 Å². The summed E-state index contributed by atoms with van der Waals surface area (Å²) in [5, 5.41) is 8.01. The highest BCUT2D eigenvalue weighted by molar-refractivity contribution is 5.95. The normalized spacial score (nSPS) is 26.8. The molecule has 1 aromatic carbocycles. The summed E-state index contributed by atoms with van der Waals surface area (Å²) in [6, 6.07) is 7.56. The van der Waals surface area contributed by atoms with Gasteiger partial charge in [0.15, 0.2) is 6.04 Å². The first kappa shape index (κ1) is 15.8. The van der Waals surface area contributed by atoms with E-state index in [9.17, 15) is 9.59 Å². The lowest BCUT2D eigenvalue weighted by atomic mass is 9.87. The van der Waals surface area contributed by atoms with Gasteiger partial charge in [-0.25, -0.2) is 0 Å². The molecular formula is C17H24N3O3+. The number of rotatable bonds is 4. The predicted molar refractivity (Wildman–Crippen MR) is 86.1 cm³/mol. The van der Waals surface area contributed by atoms with Crippen molar-refractivity contribution in [2.75, 3.05) is 12.4 Å². The summed E-state index contributed by atoms with van der Waals surface area (Å²) >= 11 is 0. The molecule has 3 rings (SSSR count). The maximum Gasteiger partial charge on any atom is 0.279 e. The fraction of sp³-hybridized carbons (Fsp3) is 0.529. The first-order chi connectivity index (χ1) is 11.2. The van der Waals surface area contributed by atoms with Gasteiger partial charge in [0.1, 0.15) is 11.8 Å². The van der Waals surface area contributed by atoms with Gasteiger partial charge in [-0.15, -0.1) is 0 Å². The molecule has 0 radical (unpaired) electrons. The molecule has 0 aromatic heterocycles. The molecule has 3 atom stereocenters. The van der Waals surface area contributed by atoms with Gasteiger partial charge in [0.25, 0.3) is 5.91 Å². The van der Waals surface area contributed by atoms with Gasteiger partial charge in [0, 0.05) is 18.2 Å². The highest BCUT2D eigenvalue weighted by atomic mass is 16.5. The molecule has 23 heavy (non-hydrogen) atoms. The third-order valence-electron chi connectivity index (χ3n) is 4.72. The Morgan fingerprint density at radius 3 is 3.04 bits per heavy atom. The average molecular weight is 318 g/mol. The molecule has 124 valence electrons. The van der Waals surface area contributed by atoms with Crippen LogP contribution in [-0.2, 0) is 9.59 Å². The molecule has 1 saturated heterocycles. The maximum absolute atomic E-state index is 12.2. The third kappa shape index (κ3) is 3.82. The van der Waals surface area contributed by atoms with Crippen LogP contribution >= 0.6 is 0 Å². The van der Waals surface area contributed by atoms with Crippen molar-refractivity contribution in [3.05, 3.63) is 24.3 Å². The number of carbonyl (C=O) groups excluding carboxylic acids is 2. The van der Waals surface area contributed by atoms with E-state index in [0.717, 1.165) is 12.8 Å². The quantitative estimate of drug-likeness (QED) is 0.751. The molecular weight excluding hydrogens is 294 g/mol. The second-order valence-electron chi connectivity index (χ2n) is 6.35. The van der Waals surface area contributed by atoms with Gasteiger partial charge in [-0.2, -0.15) is 0 Å². The Bertz CT molecular complexity index is 590. The van der Waals surface area contributed by atoms with Gasteiger partial charge in [0.05, 0.1) is 19.6 Å². The van der Waals surface area contributed by atoms with Crippen molar-refractivity contribution < 1.29 is 19.6 Å². The Morgan fingerprint density at radius 2 is 2.22 bits per heavy atom. The minimum absolute atomic E-state index is 0.0195. The van der Waals surface area contributed by atoms with E-state index >= 15 is 0 Å². The number of benzene rings is 1. The van der Waals surface area contributed by atoms with E-state index in [1.165, 1.54) is 12.8 Å². The lowest BCUT2D eigenvalue weighted by Crippen LogP contribution is -3.03. The van der Waals surface area contributed by atoms with E-state index in [-0.39, 0.29) is 30.3 Å². The number of hydrogen-bond acceptors (Lipinski definition) is 3. The molecule has 2 aliphatic rings. The Hall–Kier alpha value is -2.08. The van der Waals surface area contributed by atoms with E-state index in [2.05, 4.69) is 16.0 Å². The van der Waals surface area contributed by atoms with Crippen molar-refractivity contribution in [1.82, 2.24) is 5.32 Å². The molecule has 1 aliphatic carbocycles. The van der Waals surface area contributed by atoms with Crippen LogP contribution in [0, 0.1) is 0 Å². The Morgan fingerprint density at radius 1 is 1.39 bits per heavy atom. The van der Waals surface area contributed by atoms with E-state index < -0.39 is 0 Å². The Kier molecular flexibility index (Phi) is 4.81. The lowest BCUT2D eigenvalue weighted by Gasteiger charge is -2.37. The van der Waals surface area contributed by atoms with Crippen LogP contribution in [0.3, 0.4) is 0 Å².